The average molecular weight is 166 g/mol. The van der Waals surface area contributed by atoms with E-state index in [4.69, 9.17) is 9.52 Å². The molecule has 1 aliphatic rings. The molecule has 0 amide bonds. The highest BCUT2D eigenvalue weighted by molar-refractivity contribution is 5.76. The fraction of sp³-hybridized carbons (Fsp3) is 0.444. The summed E-state index contributed by atoms with van der Waals surface area (Å²) < 4.78 is 5.32. The maximum absolute atomic E-state index is 10.7. The highest BCUT2D eigenvalue weighted by Gasteiger charge is 2.31. The summed E-state index contributed by atoms with van der Waals surface area (Å²) in [4.78, 5) is 10.7. The van der Waals surface area contributed by atoms with E-state index in [1.54, 1.807) is 0 Å². The Morgan fingerprint density at radius 2 is 2.50 bits per heavy atom. The van der Waals surface area contributed by atoms with Gasteiger partial charge in [0.2, 0.25) is 0 Å². The monoisotopic (exact) mass is 166 g/mol. The van der Waals surface area contributed by atoms with Gasteiger partial charge in [0.25, 0.3) is 0 Å². The molecule has 0 aliphatic heterocycles. The normalized spacial score (nSPS) is 20.9. The van der Waals surface area contributed by atoms with Crippen molar-refractivity contribution in [1.82, 2.24) is 0 Å². The van der Waals surface area contributed by atoms with Crippen molar-refractivity contribution in [2.24, 2.45) is 0 Å². The lowest BCUT2D eigenvalue weighted by Gasteiger charge is -2.00. The van der Waals surface area contributed by atoms with Gasteiger partial charge in [0.1, 0.15) is 17.4 Å². The summed E-state index contributed by atoms with van der Waals surface area (Å²) in [6.45, 7) is 1.84. The first-order valence-electron chi connectivity index (χ1n) is 4.00. The van der Waals surface area contributed by atoms with Crippen molar-refractivity contribution in [2.75, 3.05) is 0 Å². The van der Waals surface area contributed by atoms with Crippen LogP contribution in [0.2, 0.25) is 0 Å². The lowest BCUT2D eigenvalue weighted by molar-refractivity contribution is -0.139. The van der Waals surface area contributed by atoms with Crippen LogP contribution in [0.3, 0.4) is 0 Å². The quantitative estimate of drug-likeness (QED) is 0.690. The third-order valence-corrected chi connectivity index (χ3v) is 2.28. The molecule has 0 radical (unpaired) electrons. The standard InChI is InChI=1S/C9H10O3/c1-5-4-6-2-3-7(9(10)11)8(6)12-5/h4,7H,2-3H2,1H3,(H,10,11). The van der Waals surface area contributed by atoms with Gasteiger partial charge in [-0.15, -0.1) is 0 Å². The summed E-state index contributed by atoms with van der Waals surface area (Å²) in [7, 11) is 0. The van der Waals surface area contributed by atoms with Crippen molar-refractivity contribution >= 4 is 5.97 Å². The molecule has 2 rings (SSSR count). The topological polar surface area (TPSA) is 50.4 Å². The highest BCUT2D eigenvalue weighted by atomic mass is 16.4. The van der Waals surface area contributed by atoms with Crippen LogP contribution in [-0.2, 0) is 11.2 Å². The first-order chi connectivity index (χ1) is 5.68. The Kier molecular flexibility index (Phi) is 1.46. The second-order valence-electron chi connectivity index (χ2n) is 3.18. The van der Waals surface area contributed by atoms with Crippen molar-refractivity contribution in [1.29, 1.82) is 0 Å². The molecular formula is C9H10O3. The summed E-state index contributed by atoms with van der Waals surface area (Å²) in [6.07, 6.45) is 1.52. The van der Waals surface area contributed by atoms with Crippen LogP contribution in [0.25, 0.3) is 0 Å². The van der Waals surface area contributed by atoms with E-state index in [1.165, 1.54) is 0 Å². The predicted molar refractivity (Wildman–Crippen MR) is 42.1 cm³/mol. The number of carbonyl (C=O) groups is 1. The summed E-state index contributed by atoms with van der Waals surface area (Å²) in [5, 5.41) is 8.81. The van der Waals surface area contributed by atoms with Gasteiger partial charge < -0.3 is 9.52 Å². The smallest absolute Gasteiger partial charge is 0.314 e. The fourth-order valence-corrected chi connectivity index (χ4v) is 1.74. The molecule has 0 spiro atoms. The molecule has 64 valence electrons. The van der Waals surface area contributed by atoms with Gasteiger partial charge in [0.15, 0.2) is 0 Å². The zero-order valence-corrected chi connectivity index (χ0v) is 6.83. The second kappa shape index (κ2) is 2.37. The number of furan rings is 1. The number of hydrogen-bond acceptors (Lipinski definition) is 2. The second-order valence-corrected chi connectivity index (χ2v) is 3.18. The summed E-state index contributed by atoms with van der Waals surface area (Å²) in [6, 6.07) is 1.93. The lowest BCUT2D eigenvalue weighted by Crippen LogP contribution is -2.06. The third kappa shape index (κ3) is 0.932. The van der Waals surface area contributed by atoms with Crippen molar-refractivity contribution < 1.29 is 14.3 Å². The zero-order chi connectivity index (χ0) is 8.72. The summed E-state index contributed by atoms with van der Waals surface area (Å²) in [5.74, 6) is 0.294. The molecule has 1 unspecified atom stereocenters. The Morgan fingerprint density at radius 3 is 3.17 bits per heavy atom. The van der Waals surface area contributed by atoms with Crippen LogP contribution in [0.4, 0.5) is 0 Å². The first kappa shape index (κ1) is 7.40. The zero-order valence-electron chi connectivity index (χ0n) is 6.83. The summed E-state index contributed by atoms with van der Waals surface area (Å²) in [5.41, 5.74) is 1.07. The molecule has 0 fully saturated rings. The number of rotatable bonds is 1. The Morgan fingerprint density at radius 1 is 1.75 bits per heavy atom. The fourth-order valence-electron chi connectivity index (χ4n) is 1.74. The number of aryl methyl sites for hydroxylation is 2. The molecule has 1 atom stereocenters. The van der Waals surface area contributed by atoms with Crippen molar-refractivity contribution in [3.05, 3.63) is 23.2 Å². The highest BCUT2D eigenvalue weighted by Crippen LogP contribution is 2.35. The molecule has 0 bridgehead atoms. The van der Waals surface area contributed by atoms with Crippen molar-refractivity contribution in [2.45, 2.75) is 25.7 Å². The maximum atomic E-state index is 10.7. The molecule has 0 aromatic carbocycles. The largest absolute Gasteiger partial charge is 0.481 e. The number of carboxylic acids is 1. The molecule has 1 aromatic rings. The number of carboxylic acid groups (broad SMARTS) is 1. The molecule has 1 aromatic heterocycles. The molecule has 0 saturated heterocycles. The van der Waals surface area contributed by atoms with Gasteiger partial charge >= 0.3 is 5.97 Å². The molecule has 0 saturated carbocycles. The number of fused-ring (bicyclic) bond motifs is 1. The van der Waals surface area contributed by atoms with Crippen LogP contribution in [0.15, 0.2) is 10.5 Å². The van der Waals surface area contributed by atoms with Gasteiger partial charge in [-0.2, -0.15) is 0 Å². The molecule has 1 heterocycles. The minimum atomic E-state index is -0.775. The van der Waals surface area contributed by atoms with E-state index < -0.39 is 11.9 Å². The number of aliphatic carboxylic acids is 1. The summed E-state index contributed by atoms with van der Waals surface area (Å²) >= 11 is 0. The Hall–Kier alpha value is -1.25. The van der Waals surface area contributed by atoms with Gasteiger partial charge in [-0.25, -0.2) is 0 Å². The average Bonchev–Trinajstić information content (AvgIpc) is 2.43. The van der Waals surface area contributed by atoms with Gasteiger partial charge in [-0.3, -0.25) is 4.79 Å². The van der Waals surface area contributed by atoms with E-state index in [0.717, 1.165) is 17.7 Å². The van der Waals surface area contributed by atoms with Crippen molar-refractivity contribution in [3.63, 3.8) is 0 Å². The van der Waals surface area contributed by atoms with Crippen LogP contribution >= 0.6 is 0 Å². The Bertz CT molecular complexity index is 325. The van der Waals surface area contributed by atoms with Crippen LogP contribution in [0.1, 0.15) is 29.4 Å². The molecule has 3 nitrogen and oxygen atoms in total. The van der Waals surface area contributed by atoms with Crippen LogP contribution in [0, 0.1) is 6.92 Å². The minimum absolute atomic E-state index is 0.409. The van der Waals surface area contributed by atoms with Gasteiger partial charge in [-0.05, 0) is 31.4 Å². The van der Waals surface area contributed by atoms with E-state index in [0.29, 0.717) is 12.2 Å². The van der Waals surface area contributed by atoms with Gasteiger partial charge in [0.05, 0.1) is 0 Å². The molecule has 1 aliphatic carbocycles. The van der Waals surface area contributed by atoms with Crippen LogP contribution < -0.4 is 0 Å². The lowest BCUT2D eigenvalue weighted by atomic mass is 10.1. The third-order valence-electron chi connectivity index (χ3n) is 2.28. The molecule has 3 heteroatoms. The number of hydrogen-bond donors (Lipinski definition) is 1. The van der Waals surface area contributed by atoms with E-state index in [9.17, 15) is 4.79 Å². The molecule has 1 N–H and O–H groups in total. The van der Waals surface area contributed by atoms with E-state index in [2.05, 4.69) is 0 Å². The SMILES string of the molecule is Cc1cc2c(o1)C(C(=O)O)CC2. The van der Waals surface area contributed by atoms with Crippen molar-refractivity contribution in [3.8, 4) is 0 Å². The van der Waals surface area contributed by atoms with Gasteiger partial charge in [0, 0.05) is 0 Å². The Balaban J connectivity index is 2.41. The minimum Gasteiger partial charge on any atom is -0.481 e. The van der Waals surface area contributed by atoms with Crippen LogP contribution in [0.5, 0.6) is 0 Å². The first-order valence-corrected chi connectivity index (χ1v) is 4.00. The van der Waals surface area contributed by atoms with E-state index >= 15 is 0 Å². The predicted octanol–water partition coefficient (Wildman–Crippen LogP) is 1.70. The van der Waals surface area contributed by atoms with Crippen LogP contribution in [-0.4, -0.2) is 11.1 Å². The Labute approximate surface area is 70.0 Å². The maximum Gasteiger partial charge on any atom is 0.314 e. The molecule has 12 heavy (non-hydrogen) atoms. The van der Waals surface area contributed by atoms with E-state index in [1.807, 2.05) is 13.0 Å². The van der Waals surface area contributed by atoms with E-state index in [-0.39, 0.29) is 0 Å². The van der Waals surface area contributed by atoms with Gasteiger partial charge in [-0.1, -0.05) is 0 Å². The molecular weight excluding hydrogens is 156 g/mol.